The maximum atomic E-state index is 9.74. The molecule has 2 aromatic heterocycles. The van der Waals surface area contributed by atoms with E-state index in [1.165, 1.54) is 33.1 Å². The summed E-state index contributed by atoms with van der Waals surface area (Å²) >= 11 is 1.46. The fourth-order valence-corrected chi connectivity index (χ4v) is 4.87. The molecule has 0 radical (unpaired) electrons. The Morgan fingerprint density at radius 2 is 1.88 bits per heavy atom. The van der Waals surface area contributed by atoms with Crippen molar-refractivity contribution < 1.29 is 4.74 Å². The average molecular weight is 451 g/mol. The number of fused-ring (bicyclic) bond motifs is 3. The Morgan fingerprint density at radius 1 is 1.09 bits per heavy atom. The van der Waals surface area contributed by atoms with E-state index in [1.807, 2.05) is 35.7 Å². The third kappa shape index (κ3) is 3.84. The fourth-order valence-electron chi connectivity index (χ4n) is 4.07. The zero-order chi connectivity index (χ0) is 22.8. The number of para-hydroxylation sites is 1. The highest BCUT2D eigenvalue weighted by atomic mass is 32.1. The third-order valence-electron chi connectivity index (χ3n) is 5.71. The number of methoxy groups -OCH3 is 1. The Morgan fingerprint density at radius 3 is 2.64 bits per heavy atom. The van der Waals surface area contributed by atoms with Crippen molar-refractivity contribution in [1.82, 2.24) is 9.55 Å². The third-order valence-corrected chi connectivity index (χ3v) is 6.59. The maximum Gasteiger partial charge on any atom is 0.136 e. The predicted molar refractivity (Wildman–Crippen MR) is 136 cm³/mol. The molecule has 5 aromatic rings. The van der Waals surface area contributed by atoms with Crippen LogP contribution >= 0.6 is 11.3 Å². The zero-order valence-electron chi connectivity index (χ0n) is 18.4. The Kier molecular flexibility index (Phi) is 5.55. The van der Waals surface area contributed by atoms with Gasteiger partial charge in [0.15, 0.2) is 0 Å². The molecule has 6 heteroatoms. The summed E-state index contributed by atoms with van der Waals surface area (Å²) in [5, 5.41) is 18.1. The van der Waals surface area contributed by atoms with Crippen molar-refractivity contribution in [3.8, 4) is 23.1 Å². The van der Waals surface area contributed by atoms with E-state index in [0.29, 0.717) is 10.6 Å². The van der Waals surface area contributed by atoms with E-state index in [-0.39, 0.29) is 0 Å². The molecule has 0 saturated carbocycles. The number of nitrogens with one attached hydrogen (secondary N) is 1. The van der Waals surface area contributed by atoms with Crippen LogP contribution in [0.4, 0.5) is 5.69 Å². The Hall–Kier alpha value is -4.08. The van der Waals surface area contributed by atoms with E-state index >= 15 is 0 Å². The highest BCUT2D eigenvalue weighted by Gasteiger charge is 2.11. The quantitative estimate of drug-likeness (QED) is 0.285. The lowest BCUT2D eigenvalue weighted by atomic mass is 10.1. The largest absolute Gasteiger partial charge is 0.497 e. The molecular formula is C27H22N4OS. The lowest BCUT2D eigenvalue weighted by Crippen LogP contribution is -1.94. The first-order valence-corrected chi connectivity index (χ1v) is 11.6. The van der Waals surface area contributed by atoms with Gasteiger partial charge in [-0.1, -0.05) is 18.2 Å². The second kappa shape index (κ2) is 8.81. The molecule has 5 rings (SSSR count). The Bertz CT molecular complexity index is 1520. The summed E-state index contributed by atoms with van der Waals surface area (Å²) in [5.74, 6) is 0.801. The maximum absolute atomic E-state index is 9.74. The second-order valence-corrected chi connectivity index (χ2v) is 8.43. The molecule has 0 atom stereocenters. The number of nitrogens with zero attached hydrogens (tertiary/aromatic N) is 3. The van der Waals surface area contributed by atoms with Gasteiger partial charge in [0.2, 0.25) is 0 Å². The number of aromatic nitrogens is 2. The molecule has 0 aliphatic rings. The number of benzene rings is 3. The second-order valence-electron chi connectivity index (χ2n) is 7.57. The van der Waals surface area contributed by atoms with E-state index in [0.717, 1.165) is 29.2 Å². The van der Waals surface area contributed by atoms with Crippen LogP contribution in [0.25, 0.3) is 38.6 Å². The zero-order valence-corrected chi connectivity index (χ0v) is 19.2. The Labute approximate surface area is 196 Å². The SMILES string of the molecule is CCn1c2ccccc2c2cc(N/C=C(\C#N)c3nc(-c4ccc(OC)cc4)cs3)ccc21. The molecule has 0 aliphatic carbocycles. The minimum absolute atomic E-state index is 0.496. The molecule has 1 N–H and O–H groups in total. The van der Waals surface area contributed by atoms with Crippen LogP contribution in [0.2, 0.25) is 0 Å². The van der Waals surface area contributed by atoms with E-state index in [2.05, 4.69) is 64.3 Å². The molecule has 2 heterocycles. The molecule has 162 valence electrons. The van der Waals surface area contributed by atoms with Gasteiger partial charge in [0, 0.05) is 51.2 Å². The van der Waals surface area contributed by atoms with Crippen LogP contribution in [0.1, 0.15) is 11.9 Å². The summed E-state index contributed by atoms with van der Waals surface area (Å²) in [5.41, 5.74) is 5.69. The summed E-state index contributed by atoms with van der Waals surface area (Å²) in [6.45, 7) is 3.07. The van der Waals surface area contributed by atoms with E-state index in [1.54, 1.807) is 13.3 Å². The van der Waals surface area contributed by atoms with Crippen molar-refractivity contribution in [1.29, 1.82) is 5.26 Å². The normalized spacial score (nSPS) is 11.6. The van der Waals surface area contributed by atoms with Crippen LogP contribution in [0.5, 0.6) is 5.75 Å². The molecule has 0 unspecified atom stereocenters. The van der Waals surface area contributed by atoms with Crippen molar-refractivity contribution in [2.45, 2.75) is 13.5 Å². The summed E-state index contributed by atoms with van der Waals surface area (Å²) in [7, 11) is 1.65. The lowest BCUT2D eigenvalue weighted by molar-refractivity contribution is 0.415. The first kappa shape index (κ1) is 20.8. The van der Waals surface area contributed by atoms with Gasteiger partial charge >= 0.3 is 0 Å². The van der Waals surface area contributed by atoms with Crippen LogP contribution in [-0.4, -0.2) is 16.7 Å². The Balaban J connectivity index is 1.44. The summed E-state index contributed by atoms with van der Waals surface area (Å²) < 4.78 is 7.54. The van der Waals surface area contributed by atoms with Crippen LogP contribution in [0.3, 0.4) is 0 Å². The van der Waals surface area contributed by atoms with Gasteiger partial charge < -0.3 is 14.6 Å². The minimum Gasteiger partial charge on any atom is -0.497 e. The highest BCUT2D eigenvalue weighted by molar-refractivity contribution is 7.11. The topological polar surface area (TPSA) is 62.9 Å². The van der Waals surface area contributed by atoms with Crippen LogP contribution in [-0.2, 0) is 6.54 Å². The van der Waals surface area contributed by atoms with E-state index in [4.69, 9.17) is 4.74 Å². The van der Waals surface area contributed by atoms with Crippen molar-refractivity contribution in [3.63, 3.8) is 0 Å². The first-order chi connectivity index (χ1) is 16.2. The number of allylic oxidation sites excluding steroid dienone is 1. The summed E-state index contributed by atoms with van der Waals surface area (Å²) in [6, 6.07) is 24.8. The van der Waals surface area contributed by atoms with Crippen LogP contribution in [0.15, 0.2) is 78.3 Å². The van der Waals surface area contributed by atoms with Crippen molar-refractivity contribution in [3.05, 3.63) is 83.3 Å². The van der Waals surface area contributed by atoms with E-state index in [9.17, 15) is 5.26 Å². The lowest BCUT2D eigenvalue weighted by Gasteiger charge is -2.05. The monoisotopic (exact) mass is 450 g/mol. The minimum atomic E-state index is 0.496. The molecule has 0 bridgehead atoms. The molecule has 0 amide bonds. The number of rotatable bonds is 6. The van der Waals surface area contributed by atoms with Gasteiger partial charge in [-0.3, -0.25) is 0 Å². The van der Waals surface area contributed by atoms with Gasteiger partial charge in [-0.25, -0.2) is 4.98 Å². The van der Waals surface area contributed by atoms with Crippen LogP contribution in [0, 0.1) is 11.3 Å². The van der Waals surface area contributed by atoms with Gasteiger partial charge in [0.05, 0.1) is 12.8 Å². The van der Waals surface area contributed by atoms with Crippen molar-refractivity contribution in [2.24, 2.45) is 0 Å². The van der Waals surface area contributed by atoms with Gasteiger partial charge in [0.25, 0.3) is 0 Å². The predicted octanol–water partition coefficient (Wildman–Crippen LogP) is 6.92. The first-order valence-electron chi connectivity index (χ1n) is 10.7. The number of thiazole rings is 1. The molecule has 3 aromatic carbocycles. The summed E-state index contributed by atoms with van der Waals surface area (Å²) in [6.07, 6.45) is 1.73. The average Bonchev–Trinajstić information content (AvgIpc) is 3.47. The smallest absolute Gasteiger partial charge is 0.136 e. The molecule has 0 aliphatic heterocycles. The number of nitriles is 1. The number of hydrogen-bond donors (Lipinski definition) is 1. The number of hydrogen-bond acceptors (Lipinski definition) is 5. The number of ether oxygens (including phenoxy) is 1. The molecule has 0 saturated heterocycles. The molecule has 33 heavy (non-hydrogen) atoms. The number of aryl methyl sites for hydroxylation is 1. The molecular weight excluding hydrogens is 428 g/mol. The molecule has 0 fully saturated rings. The van der Waals surface area contributed by atoms with Crippen LogP contribution < -0.4 is 10.1 Å². The standard InChI is InChI=1S/C27H22N4OS/c1-3-31-25-7-5-4-6-22(25)23-14-20(10-13-26(23)31)29-16-19(15-28)27-30-24(17-33-27)18-8-11-21(32-2)12-9-18/h4-14,16-17,29H,3H2,1-2H3/b19-16+. The van der Waals surface area contributed by atoms with Gasteiger partial charge in [-0.2, -0.15) is 5.26 Å². The van der Waals surface area contributed by atoms with Crippen molar-refractivity contribution in [2.75, 3.05) is 12.4 Å². The summed E-state index contributed by atoms with van der Waals surface area (Å²) in [4.78, 5) is 4.67. The molecule has 5 nitrogen and oxygen atoms in total. The van der Waals surface area contributed by atoms with E-state index < -0.39 is 0 Å². The van der Waals surface area contributed by atoms with Gasteiger partial charge in [-0.05, 0) is 55.5 Å². The fraction of sp³-hybridized carbons (Fsp3) is 0.111. The number of anilines is 1. The van der Waals surface area contributed by atoms with Gasteiger partial charge in [-0.15, -0.1) is 11.3 Å². The highest BCUT2D eigenvalue weighted by Crippen LogP contribution is 2.32. The van der Waals surface area contributed by atoms with Crippen molar-refractivity contribution >= 4 is 44.4 Å². The molecule has 0 spiro atoms. The van der Waals surface area contributed by atoms with Gasteiger partial charge in [0.1, 0.15) is 22.4 Å².